The Morgan fingerprint density at radius 2 is 1.71 bits per heavy atom. The number of halogens is 3. The first-order chi connectivity index (χ1) is 6.49. The first-order valence-corrected chi connectivity index (χ1v) is 3.74. The van der Waals surface area contributed by atoms with Crippen molar-refractivity contribution in [3.8, 4) is 5.88 Å². The number of nitrogens with zero attached hydrogens (tertiary/aromatic N) is 2. The molecule has 3 nitrogen and oxygen atoms in total. The first kappa shape index (κ1) is 10.6. The molecule has 0 aliphatic heterocycles. The lowest BCUT2D eigenvalue weighted by Gasteiger charge is -2.15. The molecule has 0 saturated heterocycles. The number of anilines is 1. The minimum absolute atomic E-state index is 0.505. The van der Waals surface area contributed by atoms with Gasteiger partial charge in [0.1, 0.15) is 5.69 Å². The summed E-state index contributed by atoms with van der Waals surface area (Å²) in [5, 5.41) is 0. The minimum Gasteiger partial charge on any atom is -0.479 e. The fourth-order valence-corrected chi connectivity index (χ4v) is 1.01. The highest BCUT2D eigenvalue weighted by molar-refractivity contribution is 5.50. The second-order valence-electron chi connectivity index (χ2n) is 2.78. The first-order valence-electron chi connectivity index (χ1n) is 3.74. The third-order valence-corrected chi connectivity index (χ3v) is 1.62. The Labute approximate surface area is 79.1 Å². The Morgan fingerprint density at radius 1 is 1.14 bits per heavy atom. The molecular weight excluding hydrogens is 197 g/mol. The topological polar surface area (TPSA) is 25.4 Å². The zero-order valence-electron chi connectivity index (χ0n) is 7.94. The Balaban J connectivity index is 3.45. The highest BCUT2D eigenvalue weighted by Crippen LogP contribution is 2.28. The van der Waals surface area contributed by atoms with Crippen molar-refractivity contribution >= 4 is 5.69 Å². The molecule has 0 fully saturated rings. The summed E-state index contributed by atoms with van der Waals surface area (Å²) in [7, 11) is 3.91. The molecular formula is C8H9F3N2O. The summed E-state index contributed by atoms with van der Waals surface area (Å²) in [5.41, 5.74) is -0.505. The molecule has 1 rings (SSSR count). The van der Waals surface area contributed by atoms with E-state index in [2.05, 4.69) is 9.72 Å². The smallest absolute Gasteiger partial charge is 0.255 e. The van der Waals surface area contributed by atoms with Crippen LogP contribution in [0.15, 0.2) is 0 Å². The minimum atomic E-state index is -1.38. The van der Waals surface area contributed by atoms with E-state index in [1.165, 1.54) is 14.1 Å². The van der Waals surface area contributed by atoms with Crippen LogP contribution in [0.4, 0.5) is 18.9 Å². The van der Waals surface area contributed by atoms with Crippen molar-refractivity contribution in [1.82, 2.24) is 4.98 Å². The molecule has 0 radical (unpaired) electrons. The van der Waals surface area contributed by atoms with Crippen LogP contribution in [0, 0.1) is 17.6 Å². The SMILES string of the molecule is COc1nc(F)c(F)c(N(C)C)c1F. The van der Waals surface area contributed by atoms with E-state index in [1.54, 1.807) is 0 Å². The Kier molecular flexibility index (Phi) is 2.83. The van der Waals surface area contributed by atoms with Crippen molar-refractivity contribution in [2.75, 3.05) is 26.1 Å². The quantitative estimate of drug-likeness (QED) is 0.687. The molecule has 0 spiro atoms. The van der Waals surface area contributed by atoms with Gasteiger partial charge in [0.25, 0.3) is 11.8 Å². The maximum Gasteiger partial charge on any atom is 0.255 e. The van der Waals surface area contributed by atoms with Gasteiger partial charge in [-0.25, -0.2) is 0 Å². The van der Waals surface area contributed by atoms with Gasteiger partial charge in [-0.1, -0.05) is 0 Å². The monoisotopic (exact) mass is 206 g/mol. The van der Waals surface area contributed by atoms with Crippen molar-refractivity contribution in [3.63, 3.8) is 0 Å². The molecule has 14 heavy (non-hydrogen) atoms. The summed E-state index contributed by atoms with van der Waals surface area (Å²) in [6.07, 6.45) is 0. The number of hydrogen-bond donors (Lipinski definition) is 0. The standard InChI is InChI=1S/C8H9F3N2O/c1-13(2)6-4(9)7(11)12-8(14-3)5(6)10/h1-3H3. The largest absolute Gasteiger partial charge is 0.479 e. The van der Waals surface area contributed by atoms with Gasteiger partial charge < -0.3 is 9.64 Å². The van der Waals surface area contributed by atoms with Gasteiger partial charge in [0.05, 0.1) is 7.11 Å². The molecule has 0 N–H and O–H groups in total. The van der Waals surface area contributed by atoms with E-state index >= 15 is 0 Å². The molecule has 0 aliphatic carbocycles. The fraction of sp³-hybridized carbons (Fsp3) is 0.375. The number of hydrogen-bond acceptors (Lipinski definition) is 3. The molecule has 1 aromatic rings. The third-order valence-electron chi connectivity index (χ3n) is 1.62. The average molecular weight is 206 g/mol. The van der Waals surface area contributed by atoms with Crippen LogP contribution in [0.5, 0.6) is 5.88 Å². The predicted octanol–water partition coefficient (Wildman–Crippen LogP) is 1.57. The number of pyridine rings is 1. The summed E-state index contributed by atoms with van der Waals surface area (Å²) < 4.78 is 43.6. The number of ether oxygens (including phenoxy) is 1. The predicted molar refractivity (Wildman–Crippen MR) is 45.0 cm³/mol. The lowest BCUT2D eigenvalue weighted by Crippen LogP contribution is -2.15. The number of rotatable bonds is 2. The van der Waals surface area contributed by atoms with Crippen molar-refractivity contribution in [2.24, 2.45) is 0 Å². The lowest BCUT2D eigenvalue weighted by molar-refractivity contribution is 0.349. The van der Waals surface area contributed by atoms with Gasteiger partial charge in [-0.3, -0.25) is 0 Å². The van der Waals surface area contributed by atoms with Crippen molar-refractivity contribution in [1.29, 1.82) is 0 Å². The second-order valence-corrected chi connectivity index (χ2v) is 2.78. The van der Waals surface area contributed by atoms with E-state index < -0.39 is 29.1 Å². The normalized spacial score (nSPS) is 10.1. The molecule has 0 aromatic carbocycles. The Hall–Kier alpha value is -1.46. The maximum absolute atomic E-state index is 13.3. The molecule has 0 unspecified atom stereocenters. The van der Waals surface area contributed by atoms with E-state index in [9.17, 15) is 13.2 Å². The third kappa shape index (κ3) is 1.59. The maximum atomic E-state index is 13.3. The van der Waals surface area contributed by atoms with Crippen LogP contribution in [0.3, 0.4) is 0 Å². The van der Waals surface area contributed by atoms with Crippen molar-refractivity contribution in [2.45, 2.75) is 0 Å². The fourth-order valence-electron chi connectivity index (χ4n) is 1.01. The summed E-state index contributed by atoms with van der Waals surface area (Å²) in [6, 6.07) is 0. The Morgan fingerprint density at radius 3 is 2.14 bits per heavy atom. The highest BCUT2D eigenvalue weighted by Gasteiger charge is 2.22. The van der Waals surface area contributed by atoms with E-state index in [0.717, 1.165) is 12.0 Å². The van der Waals surface area contributed by atoms with Crippen molar-refractivity contribution < 1.29 is 17.9 Å². The molecule has 0 atom stereocenters. The van der Waals surface area contributed by atoms with E-state index in [0.29, 0.717) is 0 Å². The summed E-state index contributed by atoms with van der Waals surface area (Å²) in [4.78, 5) is 4.08. The molecule has 1 heterocycles. The van der Waals surface area contributed by atoms with Gasteiger partial charge in [-0.2, -0.15) is 18.2 Å². The van der Waals surface area contributed by atoms with Gasteiger partial charge in [0.15, 0.2) is 0 Å². The van der Waals surface area contributed by atoms with Crippen LogP contribution in [-0.2, 0) is 0 Å². The van der Waals surface area contributed by atoms with Crippen LogP contribution in [-0.4, -0.2) is 26.2 Å². The molecule has 0 saturated carbocycles. The lowest BCUT2D eigenvalue weighted by atomic mass is 10.3. The van der Waals surface area contributed by atoms with Gasteiger partial charge in [0.2, 0.25) is 11.6 Å². The van der Waals surface area contributed by atoms with Crippen LogP contribution < -0.4 is 9.64 Å². The van der Waals surface area contributed by atoms with E-state index in [4.69, 9.17) is 0 Å². The number of methoxy groups -OCH3 is 1. The molecule has 78 valence electrons. The number of aromatic nitrogens is 1. The molecule has 0 bridgehead atoms. The molecule has 0 aliphatic rings. The summed E-state index contributed by atoms with van der Waals surface area (Å²) in [6.45, 7) is 0. The zero-order chi connectivity index (χ0) is 10.9. The summed E-state index contributed by atoms with van der Waals surface area (Å²) >= 11 is 0. The van der Waals surface area contributed by atoms with Gasteiger partial charge in [-0.15, -0.1) is 0 Å². The van der Waals surface area contributed by atoms with Crippen molar-refractivity contribution in [3.05, 3.63) is 17.6 Å². The molecule has 1 aromatic heterocycles. The zero-order valence-corrected chi connectivity index (χ0v) is 7.94. The van der Waals surface area contributed by atoms with E-state index in [1.807, 2.05) is 0 Å². The van der Waals surface area contributed by atoms with Crippen LogP contribution in [0.2, 0.25) is 0 Å². The summed E-state index contributed by atoms with van der Waals surface area (Å²) in [5.74, 6) is -4.29. The highest BCUT2D eigenvalue weighted by atomic mass is 19.2. The van der Waals surface area contributed by atoms with Crippen LogP contribution in [0.25, 0.3) is 0 Å². The van der Waals surface area contributed by atoms with Gasteiger partial charge in [-0.05, 0) is 0 Å². The van der Waals surface area contributed by atoms with Crippen LogP contribution in [0.1, 0.15) is 0 Å². The molecule has 0 amide bonds. The second kappa shape index (κ2) is 3.73. The van der Waals surface area contributed by atoms with Gasteiger partial charge >= 0.3 is 0 Å². The molecule has 6 heteroatoms. The van der Waals surface area contributed by atoms with E-state index in [-0.39, 0.29) is 0 Å². The Bertz CT molecular complexity index is 355. The average Bonchev–Trinajstić information content (AvgIpc) is 2.11. The van der Waals surface area contributed by atoms with Gasteiger partial charge in [0, 0.05) is 14.1 Å². The van der Waals surface area contributed by atoms with Crippen LogP contribution >= 0.6 is 0 Å².